The summed E-state index contributed by atoms with van der Waals surface area (Å²) in [6.07, 6.45) is 3.02. The van der Waals surface area contributed by atoms with Gasteiger partial charge in [0, 0.05) is 17.8 Å². The molecular weight excluding hydrogens is 290 g/mol. The molecule has 116 valence electrons. The number of carboxylic acids is 1. The van der Waals surface area contributed by atoms with Crippen LogP contribution in [-0.2, 0) is 17.6 Å². The molecule has 2 aliphatic rings. The molecule has 2 aromatic rings. The number of hydrogen-bond acceptors (Lipinski definition) is 2. The van der Waals surface area contributed by atoms with Crippen molar-refractivity contribution >= 4 is 17.6 Å². The minimum Gasteiger partial charge on any atom is -0.481 e. The second kappa shape index (κ2) is 5.23. The van der Waals surface area contributed by atoms with E-state index < -0.39 is 11.9 Å². The first-order valence-corrected chi connectivity index (χ1v) is 7.91. The van der Waals surface area contributed by atoms with Crippen molar-refractivity contribution in [1.82, 2.24) is 0 Å². The van der Waals surface area contributed by atoms with E-state index in [1.807, 2.05) is 30.3 Å². The van der Waals surface area contributed by atoms with Gasteiger partial charge in [-0.15, -0.1) is 0 Å². The molecule has 0 saturated heterocycles. The van der Waals surface area contributed by atoms with Crippen LogP contribution in [0.3, 0.4) is 0 Å². The maximum absolute atomic E-state index is 13.1. The Kier molecular flexibility index (Phi) is 3.18. The lowest BCUT2D eigenvalue weighted by Gasteiger charge is -2.19. The molecule has 0 aromatic heterocycles. The third-order valence-electron chi connectivity index (χ3n) is 4.89. The SMILES string of the molecule is O=C(O)C1CN(C(=O)c2cccc3c2CCC3)c2ccccc21. The lowest BCUT2D eigenvalue weighted by atomic mass is 10.0. The maximum Gasteiger partial charge on any atom is 0.312 e. The molecule has 1 unspecified atom stereocenters. The Morgan fingerprint density at radius 2 is 1.87 bits per heavy atom. The van der Waals surface area contributed by atoms with E-state index >= 15 is 0 Å². The van der Waals surface area contributed by atoms with Crippen molar-refractivity contribution < 1.29 is 14.7 Å². The van der Waals surface area contributed by atoms with Crippen molar-refractivity contribution in [3.05, 3.63) is 64.7 Å². The van der Waals surface area contributed by atoms with Crippen LogP contribution < -0.4 is 4.90 Å². The van der Waals surface area contributed by atoms with E-state index in [9.17, 15) is 14.7 Å². The number of aryl methyl sites for hydroxylation is 1. The topological polar surface area (TPSA) is 57.6 Å². The van der Waals surface area contributed by atoms with E-state index in [0.717, 1.165) is 41.6 Å². The number of rotatable bonds is 2. The first-order valence-electron chi connectivity index (χ1n) is 7.91. The van der Waals surface area contributed by atoms with E-state index in [0.29, 0.717) is 0 Å². The summed E-state index contributed by atoms with van der Waals surface area (Å²) in [6, 6.07) is 13.2. The molecule has 1 heterocycles. The molecule has 23 heavy (non-hydrogen) atoms. The van der Waals surface area contributed by atoms with Crippen LogP contribution in [0.5, 0.6) is 0 Å². The minimum atomic E-state index is -0.883. The van der Waals surface area contributed by atoms with Crippen molar-refractivity contribution in [1.29, 1.82) is 0 Å². The molecular formula is C19H17NO3. The second-order valence-electron chi connectivity index (χ2n) is 6.16. The van der Waals surface area contributed by atoms with Crippen molar-refractivity contribution in [3.8, 4) is 0 Å². The fourth-order valence-corrected chi connectivity index (χ4v) is 3.78. The smallest absolute Gasteiger partial charge is 0.312 e. The Balaban J connectivity index is 1.76. The van der Waals surface area contributed by atoms with Crippen molar-refractivity contribution in [2.45, 2.75) is 25.2 Å². The molecule has 0 fully saturated rings. The summed E-state index contributed by atoms with van der Waals surface area (Å²) in [5.74, 6) is -1.61. The molecule has 0 spiro atoms. The zero-order chi connectivity index (χ0) is 16.0. The molecule has 2 aromatic carbocycles. The summed E-state index contributed by atoms with van der Waals surface area (Å²) in [4.78, 5) is 26.2. The van der Waals surface area contributed by atoms with Crippen LogP contribution >= 0.6 is 0 Å². The van der Waals surface area contributed by atoms with E-state index in [4.69, 9.17) is 0 Å². The first kappa shape index (κ1) is 14.0. The molecule has 0 bridgehead atoms. The van der Waals surface area contributed by atoms with Crippen LogP contribution in [0.4, 0.5) is 5.69 Å². The van der Waals surface area contributed by atoms with Crippen molar-refractivity contribution in [2.24, 2.45) is 0 Å². The van der Waals surface area contributed by atoms with Gasteiger partial charge in [-0.05, 0) is 48.1 Å². The highest BCUT2D eigenvalue weighted by Crippen LogP contribution is 2.38. The van der Waals surface area contributed by atoms with Crippen molar-refractivity contribution in [2.75, 3.05) is 11.4 Å². The molecule has 0 saturated carbocycles. The van der Waals surface area contributed by atoms with Gasteiger partial charge in [-0.1, -0.05) is 30.3 Å². The zero-order valence-corrected chi connectivity index (χ0v) is 12.7. The Morgan fingerprint density at radius 1 is 1.04 bits per heavy atom. The van der Waals surface area contributed by atoms with E-state index in [-0.39, 0.29) is 12.5 Å². The lowest BCUT2D eigenvalue weighted by molar-refractivity contribution is -0.138. The highest BCUT2D eigenvalue weighted by molar-refractivity contribution is 6.09. The number of aliphatic carboxylic acids is 1. The molecule has 1 atom stereocenters. The number of hydrogen-bond donors (Lipinski definition) is 1. The number of fused-ring (bicyclic) bond motifs is 2. The van der Waals surface area contributed by atoms with E-state index in [2.05, 4.69) is 6.07 Å². The maximum atomic E-state index is 13.1. The third-order valence-corrected chi connectivity index (χ3v) is 4.89. The number of carbonyl (C=O) groups excluding carboxylic acids is 1. The number of benzene rings is 2. The van der Waals surface area contributed by atoms with Gasteiger partial charge in [-0.3, -0.25) is 9.59 Å². The first-order chi connectivity index (χ1) is 11.2. The largest absolute Gasteiger partial charge is 0.481 e. The summed E-state index contributed by atoms with van der Waals surface area (Å²) >= 11 is 0. The molecule has 0 radical (unpaired) electrons. The van der Waals surface area contributed by atoms with Crippen LogP contribution in [0.15, 0.2) is 42.5 Å². The van der Waals surface area contributed by atoms with E-state index in [1.54, 1.807) is 11.0 Å². The summed E-state index contributed by atoms with van der Waals surface area (Å²) in [6.45, 7) is 0.206. The van der Waals surface area contributed by atoms with Gasteiger partial charge in [0.25, 0.3) is 5.91 Å². The third kappa shape index (κ3) is 2.13. The Labute approximate surface area is 134 Å². The molecule has 4 nitrogen and oxygen atoms in total. The van der Waals surface area contributed by atoms with Gasteiger partial charge in [0.05, 0.1) is 0 Å². The van der Waals surface area contributed by atoms with Gasteiger partial charge in [0.15, 0.2) is 0 Å². The van der Waals surface area contributed by atoms with Gasteiger partial charge in [-0.2, -0.15) is 0 Å². The van der Waals surface area contributed by atoms with Crippen LogP contribution in [0.1, 0.15) is 39.4 Å². The molecule has 1 aliphatic heterocycles. The molecule has 1 amide bonds. The number of carbonyl (C=O) groups is 2. The predicted molar refractivity (Wildman–Crippen MR) is 87.0 cm³/mol. The summed E-state index contributed by atoms with van der Waals surface area (Å²) in [5.41, 5.74) is 4.55. The molecule has 4 heteroatoms. The van der Waals surface area contributed by atoms with Crippen LogP contribution in [-0.4, -0.2) is 23.5 Å². The highest BCUT2D eigenvalue weighted by Gasteiger charge is 2.37. The quantitative estimate of drug-likeness (QED) is 0.928. The normalized spacial score (nSPS) is 18.6. The van der Waals surface area contributed by atoms with Gasteiger partial charge in [-0.25, -0.2) is 0 Å². The average Bonchev–Trinajstić information content (AvgIpc) is 3.18. The van der Waals surface area contributed by atoms with Crippen LogP contribution in [0.25, 0.3) is 0 Å². The van der Waals surface area contributed by atoms with Gasteiger partial charge in [0.1, 0.15) is 5.92 Å². The van der Waals surface area contributed by atoms with Crippen LogP contribution in [0.2, 0.25) is 0 Å². The molecule has 1 aliphatic carbocycles. The standard InChI is InChI=1S/C19H17NO3/c21-18(15-9-4-6-12-5-3-8-13(12)15)20-11-16(19(22)23)14-7-1-2-10-17(14)20/h1-2,4,6-7,9-10,16H,3,5,8,11H2,(H,22,23). The second-order valence-corrected chi connectivity index (χ2v) is 6.16. The summed E-state index contributed by atoms with van der Waals surface area (Å²) < 4.78 is 0. The van der Waals surface area contributed by atoms with Crippen molar-refractivity contribution in [3.63, 3.8) is 0 Å². The predicted octanol–water partition coefficient (Wildman–Crippen LogP) is 3.00. The summed E-state index contributed by atoms with van der Waals surface area (Å²) in [5, 5.41) is 9.45. The Hall–Kier alpha value is -2.62. The molecule has 1 N–H and O–H groups in total. The number of nitrogens with zero attached hydrogens (tertiary/aromatic N) is 1. The highest BCUT2D eigenvalue weighted by atomic mass is 16.4. The van der Waals surface area contributed by atoms with E-state index in [1.165, 1.54) is 5.56 Å². The molecule has 4 rings (SSSR count). The Morgan fingerprint density at radius 3 is 2.70 bits per heavy atom. The van der Waals surface area contributed by atoms with Gasteiger partial charge < -0.3 is 10.0 Å². The number of carboxylic acid groups (broad SMARTS) is 1. The average molecular weight is 307 g/mol. The monoisotopic (exact) mass is 307 g/mol. The van der Waals surface area contributed by atoms with Crippen LogP contribution in [0, 0.1) is 0 Å². The lowest BCUT2D eigenvalue weighted by Crippen LogP contribution is -2.32. The van der Waals surface area contributed by atoms with Gasteiger partial charge >= 0.3 is 5.97 Å². The zero-order valence-electron chi connectivity index (χ0n) is 12.7. The van der Waals surface area contributed by atoms with Gasteiger partial charge in [0.2, 0.25) is 0 Å². The Bertz CT molecular complexity index is 812. The number of anilines is 1. The number of amides is 1. The number of para-hydroxylation sites is 1. The minimum absolute atomic E-state index is 0.0834. The summed E-state index contributed by atoms with van der Waals surface area (Å²) in [7, 11) is 0. The fourth-order valence-electron chi connectivity index (χ4n) is 3.78. The fraction of sp³-hybridized carbons (Fsp3) is 0.263.